The molecule has 0 fully saturated rings. The SMILES string of the molecule is OCCN=Cc1cc2c(cc1O)OCO2. The lowest BCUT2D eigenvalue weighted by atomic mass is 10.2. The second-order valence-electron chi connectivity index (χ2n) is 3.02. The predicted molar refractivity (Wildman–Crippen MR) is 53.8 cm³/mol. The van der Waals surface area contributed by atoms with Crippen LogP contribution in [0.4, 0.5) is 0 Å². The number of aliphatic hydroxyl groups is 1. The van der Waals surface area contributed by atoms with Crippen molar-refractivity contribution >= 4 is 6.21 Å². The first-order valence-electron chi connectivity index (χ1n) is 4.54. The smallest absolute Gasteiger partial charge is 0.231 e. The summed E-state index contributed by atoms with van der Waals surface area (Å²) in [5.74, 6) is 1.21. The minimum atomic E-state index is -0.0121. The van der Waals surface area contributed by atoms with Crippen LogP contribution in [0.5, 0.6) is 17.2 Å². The zero-order valence-electron chi connectivity index (χ0n) is 8.01. The van der Waals surface area contributed by atoms with Gasteiger partial charge in [0.2, 0.25) is 6.79 Å². The zero-order valence-corrected chi connectivity index (χ0v) is 8.01. The molecule has 0 spiro atoms. The van der Waals surface area contributed by atoms with Gasteiger partial charge in [-0.1, -0.05) is 0 Å². The van der Waals surface area contributed by atoms with Gasteiger partial charge in [-0.05, 0) is 6.07 Å². The molecule has 0 aromatic heterocycles. The van der Waals surface area contributed by atoms with E-state index in [-0.39, 0.29) is 19.1 Å². The lowest BCUT2D eigenvalue weighted by Gasteiger charge is -2.01. The molecule has 0 amide bonds. The molecule has 5 heteroatoms. The first-order valence-corrected chi connectivity index (χ1v) is 4.54. The monoisotopic (exact) mass is 209 g/mol. The number of rotatable bonds is 3. The highest BCUT2D eigenvalue weighted by molar-refractivity contribution is 5.85. The van der Waals surface area contributed by atoms with E-state index < -0.39 is 0 Å². The number of phenolic OH excluding ortho intramolecular Hbond substituents is 1. The van der Waals surface area contributed by atoms with Gasteiger partial charge in [0.05, 0.1) is 13.2 Å². The number of hydrogen-bond donors (Lipinski definition) is 2. The average Bonchev–Trinajstić information content (AvgIpc) is 2.65. The van der Waals surface area contributed by atoms with Gasteiger partial charge in [0, 0.05) is 17.8 Å². The lowest BCUT2D eigenvalue weighted by Crippen LogP contribution is -1.93. The molecule has 0 unspecified atom stereocenters. The molecule has 0 atom stereocenters. The van der Waals surface area contributed by atoms with E-state index in [2.05, 4.69) is 4.99 Å². The van der Waals surface area contributed by atoms with Gasteiger partial charge in [-0.3, -0.25) is 4.99 Å². The Morgan fingerprint density at radius 2 is 2.07 bits per heavy atom. The van der Waals surface area contributed by atoms with Crippen LogP contribution in [0.25, 0.3) is 0 Å². The maximum Gasteiger partial charge on any atom is 0.231 e. The fourth-order valence-corrected chi connectivity index (χ4v) is 1.27. The number of fused-ring (bicyclic) bond motifs is 1. The maximum atomic E-state index is 9.58. The molecule has 1 heterocycles. The molecular weight excluding hydrogens is 198 g/mol. The minimum absolute atomic E-state index is 0.0121. The number of phenols is 1. The van der Waals surface area contributed by atoms with Crippen molar-refractivity contribution in [2.75, 3.05) is 19.9 Å². The number of aliphatic hydroxyl groups excluding tert-OH is 1. The van der Waals surface area contributed by atoms with E-state index in [0.717, 1.165) is 0 Å². The van der Waals surface area contributed by atoms with E-state index in [0.29, 0.717) is 23.6 Å². The van der Waals surface area contributed by atoms with Crippen LogP contribution >= 0.6 is 0 Å². The molecule has 0 saturated heterocycles. The normalized spacial score (nSPS) is 13.7. The van der Waals surface area contributed by atoms with Gasteiger partial charge >= 0.3 is 0 Å². The summed E-state index contributed by atoms with van der Waals surface area (Å²) in [6, 6.07) is 3.14. The standard InChI is InChI=1S/C10H11NO4/c12-2-1-11-5-7-3-9-10(4-8(7)13)15-6-14-9/h3-5,12-13H,1-2,6H2. The van der Waals surface area contributed by atoms with Gasteiger partial charge in [-0.25, -0.2) is 0 Å². The predicted octanol–water partition coefficient (Wildman–Crippen LogP) is 0.532. The Labute approximate surface area is 86.6 Å². The summed E-state index contributed by atoms with van der Waals surface area (Å²) in [6.07, 6.45) is 1.49. The molecule has 2 rings (SSSR count). The summed E-state index contributed by atoms with van der Waals surface area (Å²) in [5.41, 5.74) is 0.549. The topological polar surface area (TPSA) is 71.3 Å². The Morgan fingerprint density at radius 3 is 2.80 bits per heavy atom. The summed E-state index contributed by atoms with van der Waals surface area (Å²) in [7, 11) is 0. The molecular formula is C10H11NO4. The fraction of sp³-hybridized carbons (Fsp3) is 0.300. The van der Waals surface area contributed by atoms with Crippen molar-refractivity contribution < 1.29 is 19.7 Å². The average molecular weight is 209 g/mol. The quantitative estimate of drug-likeness (QED) is 0.712. The molecule has 1 aromatic rings. The van der Waals surface area contributed by atoms with E-state index in [1.54, 1.807) is 6.07 Å². The van der Waals surface area contributed by atoms with Gasteiger partial charge in [-0.15, -0.1) is 0 Å². The second kappa shape index (κ2) is 4.18. The fourth-order valence-electron chi connectivity index (χ4n) is 1.27. The number of ether oxygens (including phenoxy) is 2. The van der Waals surface area contributed by atoms with Crippen LogP contribution in [-0.2, 0) is 0 Å². The highest BCUT2D eigenvalue weighted by Gasteiger charge is 2.15. The molecule has 1 aliphatic heterocycles. The van der Waals surface area contributed by atoms with Crippen molar-refractivity contribution in [2.45, 2.75) is 0 Å². The largest absolute Gasteiger partial charge is 0.507 e. The summed E-state index contributed by atoms with van der Waals surface area (Å²) in [6.45, 7) is 0.474. The molecule has 1 aliphatic rings. The molecule has 80 valence electrons. The number of aromatic hydroxyl groups is 1. The van der Waals surface area contributed by atoms with E-state index in [1.165, 1.54) is 12.3 Å². The van der Waals surface area contributed by atoms with Gasteiger partial charge < -0.3 is 19.7 Å². The lowest BCUT2D eigenvalue weighted by molar-refractivity contribution is 0.174. The number of aliphatic imine (C=N–C) groups is 1. The van der Waals surface area contributed by atoms with Crippen LogP contribution in [0, 0.1) is 0 Å². The van der Waals surface area contributed by atoms with Crippen molar-refractivity contribution in [3.05, 3.63) is 17.7 Å². The van der Waals surface area contributed by atoms with Crippen molar-refractivity contribution in [3.8, 4) is 17.2 Å². The van der Waals surface area contributed by atoms with E-state index >= 15 is 0 Å². The van der Waals surface area contributed by atoms with Crippen LogP contribution in [-0.4, -0.2) is 36.4 Å². The Hall–Kier alpha value is -1.75. The third-order valence-corrected chi connectivity index (χ3v) is 1.98. The summed E-state index contributed by atoms with van der Waals surface area (Å²) in [5, 5.41) is 18.1. The van der Waals surface area contributed by atoms with Crippen molar-refractivity contribution in [1.29, 1.82) is 0 Å². The molecule has 0 bridgehead atoms. The first kappa shape index (κ1) is 9.79. The van der Waals surface area contributed by atoms with E-state index in [9.17, 15) is 5.11 Å². The Bertz CT molecular complexity index is 389. The summed E-state index contributed by atoms with van der Waals surface area (Å²) in [4.78, 5) is 3.92. The second-order valence-corrected chi connectivity index (χ2v) is 3.02. The van der Waals surface area contributed by atoms with Gasteiger partial charge in [0.15, 0.2) is 11.5 Å². The molecule has 2 N–H and O–H groups in total. The highest BCUT2D eigenvalue weighted by atomic mass is 16.7. The first-order chi connectivity index (χ1) is 7.31. The Balaban J connectivity index is 2.24. The van der Waals surface area contributed by atoms with Gasteiger partial charge in [-0.2, -0.15) is 0 Å². The molecule has 0 radical (unpaired) electrons. The number of nitrogens with zero attached hydrogens (tertiary/aromatic N) is 1. The molecule has 1 aromatic carbocycles. The number of hydrogen-bond acceptors (Lipinski definition) is 5. The molecule has 15 heavy (non-hydrogen) atoms. The summed E-state index contributed by atoms with van der Waals surface area (Å²) >= 11 is 0. The summed E-state index contributed by atoms with van der Waals surface area (Å²) < 4.78 is 10.2. The van der Waals surface area contributed by atoms with Crippen LogP contribution in [0.15, 0.2) is 17.1 Å². The molecule has 5 nitrogen and oxygen atoms in total. The Kier molecular flexibility index (Phi) is 2.73. The van der Waals surface area contributed by atoms with Gasteiger partial charge in [0.25, 0.3) is 0 Å². The van der Waals surface area contributed by atoms with Crippen molar-refractivity contribution in [3.63, 3.8) is 0 Å². The zero-order chi connectivity index (χ0) is 10.7. The van der Waals surface area contributed by atoms with Crippen molar-refractivity contribution in [2.24, 2.45) is 4.99 Å². The minimum Gasteiger partial charge on any atom is -0.507 e. The maximum absolute atomic E-state index is 9.58. The van der Waals surface area contributed by atoms with E-state index in [4.69, 9.17) is 14.6 Å². The van der Waals surface area contributed by atoms with Gasteiger partial charge in [0.1, 0.15) is 5.75 Å². The van der Waals surface area contributed by atoms with E-state index in [1.807, 2.05) is 0 Å². The molecule has 0 aliphatic carbocycles. The third-order valence-electron chi connectivity index (χ3n) is 1.98. The molecule has 0 saturated carbocycles. The number of benzene rings is 1. The third kappa shape index (κ3) is 2.02. The van der Waals surface area contributed by atoms with Crippen LogP contribution in [0.2, 0.25) is 0 Å². The van der Waals surface area contributed by atoms with Crippen molar-refractivity contribution in [1.82, 2.24) is 0 Å². The Morgan fingerprint density at radius 1 is 1.33 bits per heavy atom. The van der Waals surface area contributed by atoms with Crippen LogP contribution in [0.1, 0.15) is 5.56 Å². The van der Waals surface area contributed by atoms with Crippen LogP contribution < -0.4 is 9.47 Å². The highest BCUT2D eigenvalue weighted by Crippen LogP contribution is 2.36. The van der Waals surface area contributed by atoms with Crippen LogP contribution in [0.3, 0.4) is 0 Å².